The Morgan fingerprint density at radius 2 is 1.71 bits per heavy atom. The molecule has 1 saturated heterocycles. The van der Waals surface area contributed by atoms with Crippen molar-refractivity contribution in [2.24, 2.45) is 5.92 Å². The number of halogens is 1. The van der Waals surface area contributed by atoms with Gasteiger partial charge in [0.05, 0.1) is 13.7 Å². The number of piperidine rings is 1. The largest absolute Gasteiger partial charge is 1.00 e. The SMILES string of the molecule is COc1ccc(OCC2CCNCC2)cc1.[Cl-]. The summed E-state index contributed by atoms with van der Waals surface area (Å²) in [6.45, 7) is 3.07. The first-order valence-electron chi connectivity index (χ1n) is 5.86. The summed E-state index contributed by atoms with van der Waals surface area (Å²) in [5, 5.41) is 3.36. The molecule has 4 heteroatoms. The molecule has 0 spiro atoms. The Bertz CT molecular complexity index is 310. The summed E-state index contributed by atoms with van der Waals surface area (Å²) in [4.78, 5) is 0. The van der Waals surface area contributed by atoms with Gasteiger partial charge in [-0.05, 0) is 56.1 Å². The predicted molar refractivity (Wildman–Crippen MR) is 64.1 cm³/mol. The third-order valence-electron chi connectivity index (χ3n) is 3.00. The molecule has 1 aromatic carbocycles. The first kappa shape index (κ1) is 14.1. The average Bonchev–Trinajstić information content (AvgIpc) is 2.38. The van der Waals surface area contributed by atoms with E-state index < -0.39 is 0 Å². The van der Waals surface area contributed by atoms with Gasteiger partial charge in [0.2, 0.25) is 0 Å². The molecule has 1 aromatic rings. The third kappa shape index (κ3) is 4.44. The van der Waals surface area contributed by atoms with Gasteiger partial charge in [-0.3, -0.25) is 0 Å². The lowest BCUT2D eigenvalue weighted by Crippen LogP contribution is -3.00. The summed E-state index contributed by atoms with van der Waals surface area (Å²) in [5.41, 5.74) is 0. The van der Waals surface area contributed by atoms with Crippen LogP contribution < -0.4 is 27.2 Å². The Labute approximate surface area is 109 Å². The standard InChI is InChI=1S/C13H19NO2.ClH/c1-15-12-2-4-13(5-3-12)16-10-11-6-8-14-9-7-11;/h2-5,11,14H,6-10H2,1H3;1H/p-1. The summed E-state index contributed by atoms with van der Waals surface area (Å²) in [7, 11) is 1.67. The molecule has 17 heavy (non-hydrogen) atoms. The Hall–Kier alpha value is -0.930. The Morgan fingerprint density at radius 1 is 1.12 bits per heavy atom. The molecule has 0 unspecified atom stereocenters. The van der Waals surface area contributed by atoms with Crippen LogP contribution in [0.4, 0.5) is 0 Å². The highest BCUT2D eigenvalue weighted by atomic mass is 35.5. The van der Waals surface area contributed by atoms with Crippen LogP contribution in [-0.4, -0.2) is 26.8 Å². The van der Waals surface area contributed by atoms with E-state index >= 15 is 0 Å². The minimum Gasteiger partial charge on any atom is -1.00 e. The summed E-state index contributed by atoms with van der Waals surface area (Å²) < 4.78 is 10.9. The fourth-order valence-electron chi connectivity index (χ4n) is 1.93. The number of rotatable bonds is 4. The van der Waals surface area contributed by atoms with Crippen LogP contribution in [0.15, 0.2) is 24.3 Å². The molecule has 1 aliphatic rings. The number of methoxy groups -OCH3 is 1. The van der Waals surface area contributed by atoms with Crippen LogP contribution in [0, 0.1) is 5.92 Å². The van der Waals surface area contributed by atoms with Crippen LogP contribution >= 0.6 is 0 Å². The van der Waals surface area contributed by atoms with Crippen LogP contribution in [0.5, 0.6) is 11.5 Å². The van der Waals surface area contributed by atoms with Crippen molar-refractivity contribution < 1.29 is 21.9 Å². The summed E-state index contributed by atoms with van der Waals surface area (Å²) in [6, 6.07) is 7.77. The lowest BCUT2D eigenvalue weighted by atomic mass is 9.99. The second kappa shape index (κ2) is 7.41. The molecule has 96 valence electrons. The van der Waals surface area contributed by atoms with Crippen molar-refractivity contribution in [2.45, 2.75) is 12.8 Å². The molecule has 0 bridgehead atoms. The van der Waals surface area contributed by atoms with Gasteiger partial charge in [-0.25, -0.2) is 0 Å². The summed E-state index contributed by atoms with van der Waals surface area (Å²) in [5.74, 6) is 2.50. The third-order valence-corrected chi connectivity index (χ3v) is 3.00. The van der Waals surface area contributed by atoms with Crippen molar-refractivity contribution in [3.63, 3.8) is 0 Å². The van der Waals surface area contributed by atoms with Crippen molar-refractivity contribution in [2.75, 3.05) is 26.8 Å². The number of hydrogen-bond donors (Lipinski definition) is 1. The Balaban J connectivity index is 0.00000144. The van der Waals surface area contributed by atoms with Crippen LogP contribution in [-0.2, 0) is 0 Å². The first-order chi connectivity index (χ1) is 7.88. The predicted octanol–water partition coefficient (Wildman–Crippen LogP) is -0.922. The van der Waals surface area contributed by atoms with Gasteiger partial charge in [-0.1, -0.05) is 0 Å². The van der Waals surface area contributed by atoms with Crippen molar-refractivity contribution >= 4 is 0 Å². The first-order valence-corrected chi connectivity index (χ1v) is 5.86. The van der Waals surface area contributed by atoms with Gasteiger partial charge < -0.3 is 27.2 Å². The number of nitrogens with one attached hydrogen (secondary N) is 1. The fourth-order valence-corrected chi connectivity index (χ4v) is 1.93. The Morgan fingerprint density at radius 3 is 2.29 bits per heavy atom. The van der Waals surface area contributed by atoms with E-state index in [0.717, 1.165) is 31.2 Å². The minimum absolute atomic E-state index is 0. The molecule has 1 fully saturated rings. The zero-order valence-corrected chi connectivity index (χ0v) is 10.9. The monoisotopic (exact) mass is 256 g/mol. The van der Waals surface area contributed by atoms with E-state index in [1.165, 1.54) is 12.8 Å². The highest BCUT2D eigenvalue weighted by Gasteiger charge is 2.13. The second-order valence-electron chi connectivity index (χ2n) is 4.18. The van der Waals surface area contributed by atoms with Crippen molar-refractivity contribution in [1.82, 2.24) is 5.32 Å². The fraction of sp³-hybridized carbons (Fsp3) is 0.538. The molecule has 0 atom stereocenters. The second-order valence-corrected chi connectivity index (χ2v) is 4.18. The van der Waals surface area contributed by atoms with Crippen LogP contribution in [0.25, 0.3) is 0 Å². The molecule has 0 aliphatic carbocycles. The molecule has 3 nitrogen and oxygen atoms in total. The lowest BCUT2D eigenvalue weighted by Gasteiger charge is -2.22. The van der Waals surface area contributed by atoms with Gasteiger partial charge in [-0.2, -0.15) is 0 Å². The molecule has 0 saturated carbocycles. The molecule has 1 aliphatic heterocycles. The van der Waals surface area contributed by atoms with E-state index in [0.29, 0.717) is 5.92 Å². The van der Waals surface area contributed by atoms with Gasteiger partial charge >= 0.3 is 0 Å². The molecule has 0 radical (unpaired) electrons. The van der Waals surface area contributed by atoms with E-state index in [4.69, 9.17) is 9.47 Å². The molecule has 0 amide bonds. The van der Waals surface area contributed by atoms with Crippen molar-refractivity contribution in [3.05, 3.63) is 24.3 Å². The maximum Gasteiger partial charge on any atom is 0.119 e. The zero-order chi connectivity index (χ0) is 11.2. The van der Waals surface area contributed by atoms with Gasteiger partial charge in [-0.15, -0.1) is 0 Å². The zero-order valence-electron chi connectivity index (χ0n) is 10.1. The smallest absolute Gasteiger partial charge is 0.119 e. The van der Waals surface area contributed by atoms with Crippen LogP contribution in [0.3, 0.4) is 0 Å². The van der Waals surface area contributed by atoms with Gasteiger partial charge in [0.25, 0.3) is 0 Å². The van der Waals surface area contributed by atoms with Gasteiger partial charge in [0.15, 0.2) is 0 Å². The number of benzene rings is 1. The highest BCUT2D eigenvalue weighted by Crippen LogP contribution is 2.19. The van der Waals surface area contributed by atoms with Crippen molar-refractivity contribution in [3.8, 4) is 11.5 Å². The van der Waals surface area contributed by atoms with Crippen LogP contribution in [0.1, 0.15) is 12.8 Å². The maximum atomic E-state index is 5.76. The molecule has 1 heterocycles. The van der Waals surface area contributed by atoms with E-state index in [1.54, 1.807) is 7.11 Å². The topological polar surface area (TPSA) is 30.5 Å². The maximum absolute atomic E-state index is 5.76. The molecule has 1 N–H and O–H groups in total. The highest BCUT2D eigenvalue weighted by molar-refractivity contribution is 5.31. The minimum atomic E-state index is 0. The number of ether oxygens (including phenoxy) is 2. The molecular formula is C13H19ClNO2-. The molecule has 2 rings (SSSR count). The van der Waals surface area contributed by atoms with Gasteiger partial charge in [0, 0.05) is 0 Å². The lowest BCUT2D eigenvalue weighted by molar-refractivity contribution is -0.00000404. The summed E-state index contributed by atoms with van der Waals surface area (Å²) >= 11 is 0. The quantitative estimate of drug-likeness (QED) is 0.756. The average molecular weight is 257 g/mol. The van der Waals surface area contributed by atoms with E-state index in [9.17, 15) is 0 Å². The van der Waals surface area contributed by atoms with E-state index in [-0.39, 0.29) is 12.4 Å². The molecular weight excluding hydrogens is 238 g/mol. The van der Waals surface area contributed by atoms with Crippen LogP contribution in [0.2, 0.25) is 0 Å². The van der Waals surface area contributed by atoms with Crippen molar-refractivity contribution in [1.29, 1.82) is 0 Å². The normalized spacial score (nSPS) is 16.1. The van der Waals surface area contributed by atoms with E-state index in [2.05, 4.69) is 5.32 Å². The van der Waals surface area contributed by atoms with E-state index in [1.807, 2.05) is 24.3 Å². The number of hydrogen-bond acceptors (Lipinski definition) is 3. The summed E-state index contributed by atoms with van der Waals surface area (Å²) in [6.07, 6.45) is 2.44. The molecule has 0 aromatic heterocycles. The Kier molecular flexibility index (Phi) is 6.16. The van der Waals surface area contributed by atoms with Gasteiger partial charge in [0.1, 0.15) is 11.5 Å².